The first kappa shape index (κ1) is 12.8. The van der Waals surface area contributed by atoms with Crippen molar-refractivity contribution in [1.29, 1.82) is 0 Å². The van der Waals surface area contributed by atoms with E-state index in [-0.39, 0.29) is 0 Å². The van der Waals surface area contributed by atoms with Crippen LogP contribution in [0.5, 0.6) is 11.5 Å². The van der Waals surface area contributed by atoms with Gasteiger partial charge in [-0.25, -0.2) is 0 Å². The van der Waals surface area contributed by atoms with E-state index in [0.717, 1.165) is 11.5 Å². The zero-order valence-electron chi connectivity index (χ0n) is 10.3. The first-order valence-corrected chi connectivity index (χ1v) is 7.05. The van der Waals surface area contributed by atoms with Crippen LogP contribution in [-0.4, -0.2) is 19.5 Å². The molecule has 0 fully saturated rings. The fraction of sp³-hybridized carbons (Fsp3) is 0.200. The first-order valence-electron chi connectivity index (χ1n) is 5.83. The van der Waals surface area contributed by atoms with Gasteiger partial charge in [0.05, 0.1) is 0 Å². The van der Waals surface area contributed by atoms with Gasteiger partial charge in [0.15, 0.2) is 0 Å². The van der Waals surface area contributed by atoms with Crippen LogP contribution in [-0.2, 0) is 0 Å². The minimum atomic E-state index is 0.549. The van der Waals surface area contributed by atoms with Crippen LogP contribution in [0, 0.1) is 0 Å². The van der Waals surface area contributed by atoms with Gasteiger partial charge in [-0.3, -0.25) is 0 Å². The number of hydrogen-bond acceptors (Lipinski definition) is 3. The van der Waals surface area contributed by atoms with Crippen molar-refractivity contribution in [3.05, 3.63) is 54.6 Å². The Morgan fingerprint density at radius 2 is 1.33 bits per heavy atom. The molecule has 3 heteroatoms. The molecule has 2 rings (SSSR count). The lowest BCUT2D eigenvalue weighted by Crippen LogP contribution is -2.08. The smallest absolute Gasteiger partial charge is 0.122 e. The van der Waals surface area contributed by atoms with Gasteiger partial charge in [0.2, 0.25) is 0 Å². The average molecular weight is 260 g/mol. The Morgan fingerprint density at radius 3 is 1.89 bits per heavy atom. The van der Waals surface area contributed by atoms with Crippen LogP contribution in [0.25, 0.3) is 0 Å². The zero-order valence-corrected chi connectivity index (χ0v) is 11.2. The second kappa shape index (κ2) is 6.97. The summed E-state index contributed by atoms with van der Waals surface area (Å²) in [6, 6.07) is 17.8. The average Bonchev–Trinajstić information content (AvgIpc) is 2.45. The van der Waals surface area contributed by atoms with Crippen molar-refractivity contribution in [2.75, 3.05) is 19.5 Å². The Labute approximate surface area is 112 Å². The summed E-state index contributed by atoms with van der Waals surface area (Å²) in [5.74, 6) is 1.75. The third-order valence-electron chi connectivity index (χ3n) is 2.42. The molecule has 0 heterocycles. The monoisotopic (exact) mass is 260 g/mol. The maximum atomic E-state index is 5.59. The molecule has 0 amide bonds. The summed E-state index contributed by atoms with van der Waals surface area (Å²) in [5.41, 5.74) is 0. The normalized spacial score (nSPS) is 10.1. The van der Waals surface area contributed by atoms with Crippen LogP contribution >= 0.6 is 11.8 Å². The number of hydrogen-bond donors (Lipinski definition) is 0. The van der Waals surface area contributed by atoms with Crippen molar-refractivity contribution in [3.63, 3.8) is 0 Å². The van der Waals surface area contributed by atoms with Crippen LogP contribution < -0.4 is 9.47 Å². The minimum absolute atomic E-state index is 0.549. The molecule has 0 bridgehead atoms. The second-order valence-electron chi connectivity index (χ2n) is 3.69. The maximum absolute atomic E-state index is 5.59. The summed E-state index contributed by atoms with van der Waals surface area (Å²) in [4.78, 5) is 1.24. The topological polar surface area (TPSA) is 18.5 Å². The molecule has 2 nitrogen and oxygen atoms in total. The number of benzene rings is 2. The summed E-state index contributed by atoms with van der Waals surface area (Å²) in [5, 5.41) is 0. The molecular formula is C15H16O2S. The molecule has 0 radical (unpaired) electrons. The molecule has 0 saturated carbocycles. The predicted octanol–water partition coefficient (Wildman–Crippen LogP) is 3.87. The van der Waals surface area contributed by atoms with E-state index in [0.29, 0.717) is 13.2 Å². The molecule has 94 valence electrons. The Kier molecular flexibility index (Phi) is 4.97. The van der Waals surface area contributed by atoms with E-state index in [1.165, 1.54) is 4.90 Å². The predicted molar refractivity (Wildman–Crippen MR) is 75.7 cm³/mol. The van der Waals surface area contributed by atoms with E-state index in [1.54, 1.807) is 11.8 Å². The van der Waals surface area contributed by atoms with E-state index in [1.807, 2.05) is 42.5 Å². The lowest BCUT2D eigenvalue weighted by Gasteiger charge is -2.08. The molecule has 18 heavy (non-hydrogen) atoms. The highest BCUT2D eigenvalue weighted by Crippen LogP contribution is 2.18. The van der Waals surface area contributed by atoms with Gasteiger partial charge >= 0.3 is 0 Å². The quantitative estimate of drug-likeness (QED) is 0.580. The number of thioether (sulfide) groups is 1. The van der Waals surface area contributed by atoms with Crippen molar-refractivity contribution >= 4 is 11.8 Å². The zero-order chi connectivity index (χ0) is 12.6. The highest BCUT2D eigenvalue weighted by molar-refractivity contribution is 7.98. The summed E-state index contributed by atoms with van der Waals surface area (Å²) in [7, 11) is 0. The van der Waals surface area contributed by atoms with Crippen molar-refractivity contribution in [2.45, 2.75) is 4.90 Å². The fourth-order valence-corrected chi connectivity index (χ4v) is 1.92. The third kappa shape index (κ3) is 4.00. The molecule has 2 aromatic carbocycles. The van der Waals surface area contributed by atoms with E-state index in [9.17, 15) is 0 Å². The summed E-state index contributed by atoms with van der Waals surface area (Å²) in [6.45, 7) is 1.10. The highest BCUT2D eigenvalue weighted by Gasteiger charge is 1.95. The number of para-hydroxylation sites is 1. The maximum Gasteiger partial charge on any atom is 0.122 e. The van der Waals surface area contributed by atoms with Gasteiger partial charge in [-0.15, -0.1) is 11.8 Å². The van der Waals surface area contributed by atoms with E-state index in [4.69, 9.17) is 9.47 Å². The summed E-state index contributed by atoms with van der Waals surface area (Å²) < 4.78 is 11.1. The Bertz CT molecular complexity index is 454. The van der Waals surface area contributed by atoms with E-state index in [2.05, 4.69) is 18.4 Å². The van der Waals surface area contributed by atoms with E-state index >= 15 is 0 Å². The van der Waals surface area contributed by atoms with Gasteiger partial charge < -0.3 is 9.47 Å². The van der Waals surface area contributed by atoms with Crippen LogP contribution in [0.4, 0.5) is 0 Å². The molecule has 0 N–H and O–H groups in total. The molecule has 0 aliphatic carbocycles. The molecule has 0 aliphatic heterocycles. The Hall–Kier alpha value is -1.61. The molecule has 0 unspecified atom stereocenters. The summed E-state index contributed by atoms with van der Waals surface area (Å²) >= 11 is 1.72. The fourth-order valence-electron chi connectivity index (χ4n) is 1.51. The van der Waals surface area contributed by atoms with Crippen LogP contribution in [0.15, 0.2) is 59.5 Å². The van der Waals surface area contributed by atoms with Crippen LogP contribution in [0.1, 0.15) is 0 Å². The molecule has 0 aliphatic rings. The lowest BCUT2D eigenvalue weighted by atomic mass is 10.3. The summed E-state index contributed by atoms with van der Waals surface area (Å²) in [6.07, 6.45) is 2.06. The molecule has 0 spiro atoms. The van der Waals surface area contributed by atoms with Crippen LogP contribution in [0.3, 0.4) is 0 Å². The Morgan fingerprint density at radius 1 is 0.778 bits per heavy atom. The van der Waals surface area contributed by atoms with Crippen LogP contribution in [0.2, 0.25) is 0 Å². The molecule has 0 saturated heterocycles. The second-order valence-corrected chi connectivity index (χ2v) is 4.57. The largest absolute Gasteiger partial charge is 0.490 e. The van der Waals surface area contributed by atoms with Gasteiger partial charge in [0, 0.05) is 4.90 Å². The van der Waals surface area contributed by atoms with Gasteiger partial charge in [0.1, 0.15) is 24.7 Å². The van der Waals surface area contributed by atoms with Crippen molar-refractivity contribution in [2.24, 2.45) is 0 Å². The van der Waals surface area contributed by atoms with Gasteiger partial charge in [0.25, 0.3) is 0 Å². The van der Waals surface area contributed by atoms with Gasteiger partial charge in [-0.2, -0.15) is 0 Å². The van der Waals surface area contributed by atoms with Gasteiger partial charge in [-0.05, 0) is 42.7 Å². The molecular weight excluding hydrogens is 244 g/mol. The minimum Gasteiger partial charge on any atom is -0.490 e. The molecule has 0 atom stereocenters. The first-order chi connectivity index (χ1) is 8.88. The van der Waals surface area contributed by atoms with Crippen molar-refractivity contribution in [1.82, 2.24) is 0 Å². The number of ether oxygens (including phenoxy) is 2. The molecule has 0 aromatic heterocycles. The van der Waals surface area contributed by atoms with Gasteiger partial charge in [-0.1, -0.05) is 18.2 Å². The third-order valence-corrected chi connectivity index (χ3v) is 3.17. The Balaban J connectivity index is 1.72. The molecule has 2 aromatic rings. The SMILES string of the molecule is CSc1ccc(OCCOc2ccccc2)cc1. The number of rotatable bonds is 6. The van der Waals surface area contributed by atoms with Crippen molar-refractivity contribution < 1.29 is 9.47 Å². The standard InChI is InChI=1S/C15H16O2S/c1-18-15-9-7-14(8-10-15)17-12-11-16-13-5-3-2-4-6-13/h2-10H,11-12H2,1H3. The lowest BCUT2D eigenvalue weighted by molar-refractivity contribution is 0.217. The highest BCUT2D eigenvalue weighted by atomic mass is 32.2. The van der Waals surface area contributed by atoms with E-state index < -0.39 is 0 Å². The van der Waals surface area contributed by atoms with Crippen molar-refractivity contribution in [3.8, 4) is 11.5 Å².